The molecular formula is C15H13FN6O3S. The molecule has 0 spiro atoms. The molecule has 0 saturated heterocycles. The van der Waals surface area contributed by atoms with Gasteiger partial charge in [0.05, 0.1) is 10.7 Å². The molecule has 0 unspecified atom stereocenters. The van der Waals surface area contributed by atoms with Gasteiger partial charge in [0.2, 0.25) is 5.91 Å². The van der Waals surface area contributed by atoms with Crippen LogP contribution in [-0.4, -0.2) is 36.2 Å². The summed E-state index contributed by atoms with van der Waals surface area (Å²) in [6.07, 6.45) is 0. The fraction of sp³-hybridized carbons (Fsp3) is 0.200. The maximum absolute atomic E-state index is 13.3. The number of carbonyl (C=O) groups is 1. The van der Waals surface area contributed by atoms with Crippen LogP contribution in [-0.2, 0) is 4.79 Å². The van der Waals surface area contributed by atoms with Gasteiger partial charge >= 0.3 is 0 Å². The van der Waals surface area contributed by atoms with Crippen molar-refractivity contribution >= 4 is 34.8 Å². The smallest absolute Gasteiger partial charge is 0.292 e. The van der Waals surface area contributed by atoms with E-state index in [1.54, 1.807) is 4.40 Å². The number of nitrogens with one attached hydrogen (secondary N) is 1. The normalized spacial score (nSPS) is 10.9. The Morgan fingerprint density at radius 1 is 1.35 bits per heavy atom. The minimum absolute atomic E-state index is 0.0816. The minimum atomic E-state index is -0.689. The van der Waals surface area contributed by atoms with Gasteiger partial charge in [-0.05, 0) is 26.0 Å². The van der Waals surface area contributed by atoms with E-state index in [1.807, 2.05) is 19.9 Å². The van der Waals surface area contributed by atoms with Crippen LogP contribution < -0.4 is 5.32 Å². The molecular weight excluding hydrogens is 363 g/mol. The third kappa shape index (κ3) is 3.61. The molecule has 0 aliphatic carbocycles. The van der Waals surface area contributed by atoms with Crippen LogP contribution in [0, 0.1) is 29.8 Å². The summed E-state index contributed by atoms with van der Waals surface area (Å²) in [6, 6.07) is 4.73. The highest BCUT2D eigenvalue weighted by Crippen LogP contribution is 2.25. The molecule has 0 saturated carbocycles. The first kappa shape index (κ1) is 17.7. The highest BCUT2D eigenvalue weighted by molar-refractivity contribution is 7.99. The van der Waals surface area contributed by atoms with Gasteiger partial charge in [-0.2, -0.15) is 0 Å². The van der Waals surface area contributed by atoms with Crippen molar-refractivity contribution in [3.05, 3.63) is 51.6 Å². The topological polar surface area (TPSA) is 115 Å². The number of carbonyl (C=O) groups excluding carboxylic acids is 1. The van der Waals surface area contributed by atoms with E-state index in [0.717, 1.165) is 41.3 Å². The molecule has 0 fully saturated rings. The number of nitro benzene ring substituents is 1. The number of nitrogens with zero attached hydrogens (tertiary/aromatic N) is 5. The quantitative estimate of drug-likeness (QED) is 0.413. The van der Waals surface area contributed by atoms with Crippen LogP contribution in [0.3, 0.4) is 0 Å². The second-order valence-electron chi connectivity index (χ2n) is 5.41. The summed E-state index contributed by atoms with van der Waals surface area (Å²) < 4.78 is 15.0. The van der Waals surface area contributed by atoms with E-state index in [4.69, 9.17) is 0 Å². The first-order chi connectivity index (χ1) is 12.3. The summed E-state index contributed by atoms with van der Waals surface area (Å²) in [7, 11) is 0. The fourth-order valence-electron chi connectivity index (χ4n) is 2.38. The number of thioether (sulfide) groups is 1. The van der Waals surface area contributed by atoms with Crippen molar-refractivity contribution in [2.75, 3.05) is 11.1 Å². The van der Waals surface area contributed by atoms with Crippen molar-refractivity contribution in [2.45, 2.75) is 19.0 Å². The van der Waals surface area contributed by atoms with Gasteiger partial charge in [0.1, 0.15) is 11.5 Å². The lowest BCUT2D eigenvalue weighted by atomic mass is 10.2. The molecule has 0 bridgehead atoms. The SMILES string of the molecule is Cc1cc(C)n2c(SCC(=O)Nc3cc(F)ccc3[N+](=O)[O-])nnc2n1. The Labute approximate surface area is 150 Å². The van der Waals surface area contributed by atoms with Gasteiger partial charge in [-0.1, -0.05) is 11.8 Å². The van der Waals surface area contributed by atoms with Crippen LogP contribution in [0.1, 0.15) is 11.4 Å². The number of rotatable bonds is 5. The van der Waals surface area contributed by atoms with Crippen LogP contribution in [0.4, 0.5) is 15.8 Å². The Kier molecular flexibility index (Phi) is 4.80. The molecule has 2 heterocycles. The zero-order valence-electron chi connectivity index (χ0n) is 13.8. The third-order valence-corrected chi connectivity index (χ3v) is 4.35. The Bertz CT molecular complexity index is 1020. The first-order valence-corrected chi connectivity index (χ1v) is 8.39. The Hall–Kier alpha value is -3.08. The lowest BCUT2D eigenvalue weighted by molar-refractivity contribution is -0.384. The number of anilines is 1. The molecule has 0 aliphatic rings. The van der Waals surface area contributed by atoms with Crippen LogP contribution in [0.25, 0.3) is 5.78 Å². The van der Waals surface area contributed by atoms with Crippen LogP contribution in [0.15, 0.2) is 29.4 Å². The third-order valence-electron chi connectivity index (χ3n) is 3.42. The Balaban J connectivity index is 1.75. The van der Waals surface area contributed by atoms with Crippen molar-refractivity contribution in [1.29, 1.82) is 0 Å². The fourth-order valence-corrected chi connectivity index (χ4v) is 3.16. The molecule has 1 aromatic carbocycles. The number of nitro groups is 1. The van der Waals surface area contributed by atoms with E-state index in [0.29, 0.717) is 10.9 Å². The van der Waals surface area contributed by atoms with Crippen molar-refractivity contribution < 1.29 is 14.1 Å². The largest absolute Gasteiger partial charge is 0.320 e. The van der Waals surface area contributed by atoms with Gasteiger partial charge < -0.3 is 5.32 Å². The summed E-state index contributed by atoms with van der Waals surface area (Å²) in [6.45, 7) is 3.71. The molecule has 9 nitrogen and oxygen atoms in total. The van der Waals surface area contributed by atoms with E-state index in [9.17, 15) is 19.3 Å². The molecule has 3 rings (SSSR count). The molecule has 26 heavy (non-hydrogen) atoms. The van der Waals surface area contributed by atoms with Crippen molar-refractivity contribution in [1.82, 2.24) is 19.6 Å². The average molecular weight is 376 g/mol. The van der Waals surface area contributed by atoms with E-state index in [2.05, 4.69) is 20.5 Å². The molecule has 0 atom stereocenters. The number of hydrogen-bond donors (Lipinski definition) is 1. The van der Waals surface area contributed by atoms with Crippen LogP contribution >= 0.6 is 11.8 Å². The van der Waals surface area contributed by atoms with E-state index >= 15 is 0 Å². The van der Waals surface area contributed by atoms with Crippen LogP contribution in [0.2, 0.25) is 0 Å². The highest BCUT2D eigenvalue weighted by Gasteiger charge is 2.18. The summed E-state index contributed by atoms with van der Waals surface area (Å²) in [5, 5.41) is 21.8. The summed E-state index contributed by atoms with van der Waals surface area (Å²) in [5.74, 6) is -0.870. The van der Waals surface area contributed by atoms with Crippen LogP contribution in [0.5, 0.6) is 0 Å². The van der Waals surface area contributed by atoms with Gasteiger partial charge in [-0.25, -0.2) is 9.37 Å². The first-order valence-electron chi connectivity index (χ1n) is 7.41. The molecule has 3 aromatic rings. The molecule has 11 heteroatoms. The van der Waals surface area contributed by atoms with E-state index in [-0.39, 0.29) is 17.1 Å². The van der Waals surface area contributed by atoms with Crippen molar-refractivity contribution in [3.63, 3.8) is 0 Å². The Morgan fingerprint density at radius 3 is 2.85 bits per heavy atom. The summed E-state index contributed by atoms with van der Waals surface area (Å²) in [5.41, 5.74) is 1.09. The number of hydrogen-bond acceptors (Lipinski definition) is 7. The number of benzene rings is 1. The standard InChI is InChI=1S/C15H13FN6O3S/c1-8-5-9(2)21-14(17-8)19-20-15(21)26-7-13(23)18-11-6-10(16)3-4-12(11)22(24)25/h3-6H,7H2,1-2H3,(H,18,23). The maximum Gasteiger partial charge on any atom is 0.292 e. The zero-order valence-corrected chi connectivity index (χ0v) is 14.6. The van der Waals surface area contributed by atoms with Crippen molar-refractivity contribution in [2.24, 2.45) is 0 Å². The van der Waals surface area contributed by atoms with Crippen molar-refractivity contribution in [3.8, 4) is 0 Å². The minimum Gasteiger partial charge on any atom is -0.320 e. The highest BCUT2D eigenvalue weighted by atomic mass is 32.2. The molecule has 1 N–H and O–H groups in total. The summed E-state index contributed by atoms with van der Waals surface area (Å²) in [4.78, 5) is 26.7. The van der Waals surface area contributed by atoms with Gasteiger partial charge in [0.15, 0.2) is 5.16 Å². The number of halogens is 1. The molecule has 0 aliphatic heterocycles. The van der Waals surface area contributed by atoms with Gasteiger partial charge in [-0.15, -0.1) is 10.2 Å². The van der Waals surface area contributed by atoms with Gasteiger partial charge in [-0.3, -0.25) is 19.3 Å². The number of aromatic nitrogens is 4. The monoisotopic (exact) mass is 376 g/mol. The van der Waals surface area contributed by atoms with Gasteiger partial charge in [0.25, 0.3) is 11.5 Å². The van der Waals surface area contributed by atoms with E-state index in [1.165, 1.54) is 0 Å². The molecule has 134 valence electrons. The summed E-state index contributed by atoms with van der Waals surface area (Å²) >= 11 is 1.10. The maximum atomic E-state index is 13.3. The second-order valence-corrected chi connectivity index (χ2v) is 6.35. The predicted molar refractivity (Wildman–Crippen MR) is 92.7 cm³/mol. The molecule has 0 radical (unpaired) electrons. The lowest BCUT2D eigenvalue weighted by Crippen LogP contribution is -2.15. The number of aryl methyl sites for hydroxylation is 2. The molecule has 1 amide bonds. The molecule has 2 aromatic heterocycles. The lowest BCUT2D eigenvalue weighted by Gasteiger charge is -2.06. The predicted octanol–water partition coefficient (Wildman–Crippen LogP) is 2.52. The number of amides is 1. The van der Waals surface area contributed by atoms with E-state index < -0.39 is 16.6 Å². The second kappa shape index (κ2) is 7.04. The number of fused-ring (bicyclic) bond motifs is 1. The zero-order chi connectivity index (χ0) is 18.8. The van der Waals surface area contributed by atoms with Gasteiger partial charge in [0, 0.05) is 23.5 Å². The average Bonchev–Trinajstić information content (AvgIpc) is 2.95. The Morgan fingerprint density at radius 2 is 2.12 bits per heavy atom.